The number of pyridine rings is 1. The third-order valence-corrected chi connectivity index (χ3v) is 5.48. The molecule has 0 bridgehead atoms. The topological polar surface area (TPSA) is 84.2 Å². The van der Waals surface area contributed by atoms with Crippen molar-refractivity contribution in [2.45, 2.75) is 0 Å². The van der Waals surface area contributed by atoms with Crippen molar-refractivity contribution in [3.8, 4) is 10.6 Å². The number of carbonyl (C=O) groups is 2. The lowest BCUT2D eigenvalue weighted by Crippen LogP contribution is -2.34. The number of rotatable bonds is 6. The van der Waals surface area contributed by atoms with Gasteiger partial charge >= 0.3 is 0 Å². The molecule has 0 unspecified atom stereocenters. The van der Waals surface area contributed by atoms with Gasteiger partial charge in [-0.15, -0.1) is 11.3 Å². The van der Waals surface area contributed by atoms with Crippen LogP contribution in [0.3, 0.4) is 0 Å². The number of hydrogen-bond donors (Lipinski definition) is 2. The zero-order valence-electron chi connectivity index (χ0n) is 15.1. The van der Waals surface area contributed by atoms with Gasteiger partial charge in [-0.05, 0) is 36.4 Å². The molecule has 3 aromatic heterocycles. The van der Waals surface area contributed by atoms with Crippen molar-refractivity contribution in [3.63, 3.8) is 0 Å². The van der Waals surface area contributed by atoms with Gasteiger partial charge in [0.25, 0.3) is 11.8 Å². The summed E-state index contributed by atoms with van der Waals surface area (Å²) in [4.78, 5) is 30.2. The smallest absolute Gasteiger partial charge is 0.287 e. The first kappa shape index (κ1) is 19.2. The summed E-state index contributed by atoms with van der Waals surface area (Å²) in [5.74, 6) is -0.328. The van der Waals surface area contributed by atoms with Gasteiger partial charge in [0.15, 0.2) is 5.76 Å². The third kappa shape index (κ3) is 4.31. The molecule has 0 fully saturated rings. The minimum absolute atomic E-state index is 0.232. The third-order valence-electron chi connectivity index (χ3n) is 4.23. The Labute approximate surface area is 175 Å². The van der Waals surface area contributed by atoms with Crippen molar-refractivity contribution in [2.24, 2.45) is 0 Å². The largest absolute Gasteiger partial charge is 0.459 e. The Morgan fingerprint density at radius 3 is 2.52 bits per heavy atom. The Hall–Kier alpha value is -3.16. The van der Waals surface area contributed by atoms with E-state index in [0.29, 0.717) is 15.6 Å². The van der Waals surface area contributed by atoms with Crippen LogP contribution >= 0.6 is 22.9 Å². The predicted molar refractivity (Wildman–Crippen MR) is 113 cm³/mol. The molecule has 3 heterocycles. The van der Waals surface area contributed by atoms with Gasteiger partial charge in [-0.25, -0.2) is 4.98 Å². The van der Waals surface area contributed by atoms with Crippen molar-refractivity contribution in [1.29, 1.82) is 0 Å². The predicted octanol–water partition coefficient (Wildman–Crippen LogP) is 4.37. The van der Waals surface area contributed by atoms with E-state index < -0.39 is 0 Å². The lowest BCUT2D eigenvalue weighted by molar-refractivity contribution is 0.0911. The second-order valence-corrected chi connectivity index (χ2v) is 7.88. The number of thiophene rings is 1. The number of para-hydroxylation sites is 1. The Balaban J connectivity index is 1.50. The van der Waals surface area contributed by atoms with Gasteiger partial charge in [0.2, 0.25) is 0 Å². The first-order valence-electron chi connectivity index (χ1n) is 8.87. The van der Waals surface area contributed by atoms with Crippen molar-refractivity contribution in [3.05, 3.63) is 76.5 Å². The summed E-state index contributed by atoms with van der Waals surface area (Å²) < 4.78 is 5.69. The Morgan fingerprint density at radius 2 is 1.79 bits per heavy atom. The number of furan rings is 1. The van der Waals surface area contributed by atoms with E-state index in [1.165, 1.54) is 17.6 Å². The van der Waals surface area contributed by atoms with Gasteiger partial charge in [0, 0.05) is 18.5 Å². The number of nitrogens with zero attached hydrogens (tertiary/aromatic N) is 1. The van der Waals surface area contributed by atoms with Gasteiger partial charge in [-0.1, -0.05) is 29.8 Å². The number of aromatic nitrogens is 1. The fourth-order valence-electron chi connectivity index (χ4n) is 2.88. The van der Waals surface area contributed by atoms with E-state index in [1.54, 1.807) is 24.3 Å². The van der Waals surface area contributed by atoms with Crippen LogP contribution in [0.2, 0.25) is 4.34 Å². The summed E-state index contributed by atoms with van der Waals surface area (Å²) in [7, 11) is 0. The summed E-state index contributed by atoms with van der Waals surface area (Å²) in [6.07, 6.45) is 1.43. The first-order valence-corrected chi connectivity index (χ1v) is 10.1. The van der Waals surface area contributed by atoms with Crippen LogP contribution < -0.4 is 10.6 Å². The van der Waals surface area contributed by atoms with Crippen LogP contribution in [-0.2, 0) is 0 Å². The summed E-state index contributed by atoms with van der Waals surface area (Å²) in [5, 5.41) is 6.30. The minimum atomic E-state index is -0.324. The van der Waals surface area contributed by atoms with Crippen LogP contribution in [0.4, 0.5) is 0 Å². The fraction of sp³-hybridized carbons (Fsp3) is 0.0952. The fourth-order valence-corrected chi connectivity index (χ4v) is 3.89. The van der Waals surface area contributed by atoms with Crippen LogP contribution in [-0.4, -0.2) is 29.9 Å². The molecule has 1 aromatic carbocycles. The zero-order chi connectivity index (χ0) is 20.2. The minimum Gasteiger partial charge on any atom is -0.459 e. The average molecular weight is 426 g/mol. The molecule has 0 atom stereocenters. The van der Waals surface area contributed by atoms with E-state index in [4.69, 9.17) is 16.0 Å². The molecule has 2 amide bonds. The van der Waals surface area contributed by atoms with Crippen LogP contribution in [0.5, 0.6) is 0 Å². The lowest BCUT2D eigenvalue weighted by atomic mass is 10.1. The molecule has 0 saturated carbocycles. The maximum Gasteiger partial charge on any atom is 0.287 e. The molecular weight excluding hydrogens is 410 g/mol. The highest BCUT2D eigenvalue weighted by atomic mass is 35.5. The average Bonchev–Trinajstić information content (AvgIpc) is 3.42. The first-order chi connectivity index (χ1) is 14.1. The molecule has 4 rings (SSSR count). The molecular formula is C21H16ClN3O3S. The van der Waals surface area contributed by atoms with Gasteiger partial charge in [0.1, 0.15) is 0 Å². The van der Waals surface area contributed by atoms with Crippen LogP contribution in [0, 0.1) is 0 Å². The van der Waals surface area contributed by atoms with Crippen molar-refractivity contribution >= 4 is 45.7 Å². The van der Waals surface area contributed by atoms with E-state index in [0.717, 1.165) is 15.8 Å². The summed E-state index contributed by atoms with van der Waals surface area (Å²) in [6, 6.07) is 16.2. The number of nitrogens with one attached hydrogen (secondary N) is 2. The highest BCUT2D eigenvalue weighted by Gasteiger charge is 2.15. The second kappa shape index (κ2) is 8.46. The molecule has 8 heteroatoms. The maximum atomic E-state index is 12.8. The van der Waals surface area contributed by atoms with E-state index in [9.17, 15) is 9.59 Å². The molecule has 0 radical (unpaired) electrons. The van der Waals surface area contributed by atoms with Gasteiger partial charge < -0.3 is 15.1 Å². The molecule has 0 aliphatic heterocycles. The Kier molecular flexibility index (Phi) is 5.59. The van der Waals surface area contributed by atoms with Gasteiger partial charge in [0.05, 0.1) is 32.3 Å². The number of carbonyl (C=O) groups excluding carboxylic acids is 2. The van der Waals surface area contributed by atoms with Crippen LogP contribution in [0.1, 0.15) is 20.9 Å². The Morgan fingerprint density at radius 1 is 1.00 bits per heavy atom. The van der Waals surface area contributed by atoms with Crippen molar-refractivity contribution < 1.29 is 14.0 Å². The van der Waals surface area contributed by atoms with Gasteiger partial charge in [-0.3, -0.25) is 9.59 Å². The summed E-state index contributed by atoms with van der Waals surface area (Å²) >= 11 is 7.46. The molecule has 4 aromatic rings. The second-order valence-electron chi connectivity index (χ2n) is 6.17. The Bertz CT molecular complexity index is 1170. The van der Waals surface area contributed by atoms with Gasteiger partial charge in [-0.2, -0.15) is 0 Å². The molecule has 29 heavy (non-hydrogen) atoms. The van der Waals surface area contributed by atoms with E-state index >= 15 is 0 Å². The molecule has 0 saturated heterocycles. The zero-order valence-corrected chi connectivity index (χ0v) is 16.7. The maximum absolute atomic E-state index is 12.8. The number of fused-ring (bicyclic) bond motifs is 1. The molecule has 0 aliphatic rings. The van der Waals surface area contributed by atoms with E-state index in [1.807, 2.05) is 30.3 Å². The lowest BCUT2D eigenvalue weighted by Gasteiger charge is -2.10. The monoisotopic (exact) mass is 425 g/mol. The number of halogens is 1. The van der Waals surface area contributed by atoms with E-state index in [-0.39, 0.29) is 30.7 Å². The standard InChI is InChI=1S/C21H16ClN3O3S/c22-19-8-7-18(29-19)16-12-14(13-4-1-2-5-15(13)25-16)20(26)23-9-10-24-21(27)17-6-3-11-28-17/h1-8,11-12H,9-10H2,(H,23,26)(H,24,27). The summed E-state index contributed by atoms with van der Waals surface area (Å²) in [5.41, 5.74) is 1.94. The highest BCUT2D eigenvalue weighted by molar-refractivity contribution is 7.19. The van der Waals surface area contributed by atoms with Crippen molar-refractivity contribution in [2.75, 3.05) is 13.1 Å². The number of amides is 2. The van der Waals surface area contributed by atoms with Crippen LogP contribution in [0.25, 0.3) is 21.5 Å². The summed E-state index contributed by atoms with van der Waals surface area (Å²) in [6.45, 7) is 0.559. The quantitative estimate of drug-likeness (QED) is 0.449. The molecule has 0 aliphatic carbocycles. The number of benzene rings is 1. The highest BCUT2D eigenvalue weighted by Crippen LogP contribution is 2.32. The normalized spacial score (nSPS) is 10.8. The molecule has 146 valence electrons. The molecule has 6 nitrogen and oxygen atoms in total. The molecule has 2 N–H and O–H groups in total. The molecule has 0 spiro atoms. The number of hydrogen-bond acceptors (Lipinski definition) is 5. The van der Waals surface area contributed by atoms with Crippen molar-refractivity contribution in [1.82, 2.24) is 15.6 Å². The van der Waals surface area contributed by atoms with E-state index in [2.05, 4.69) is 15.6 Å². The van der Waals surface area contributed by atoms with Crippen LogP contribution in [0.15, 0.2) is 65.3 Å². The SMILES string of the molecule is O=C(NCCNC(=O)c1cc(-c2ccc(Cl)s2)nc2ccccc12)c1ccco1.